The maximum absolute atomic E-state index is 11.7. The molecule has 0 amide bonds. The number of unbranched alkanes of at least 4 members (excludes halogenated alkanes) is 12. The highest BCUT2D eigenvalue weighted by Crippen LogP contribution is 2.08. The third-order valence-corrected chi connectivity index (χ3v) is 5.34. The van der Waals surface area contributed by atoms with Crippen LogP contribution in [0, 0.1) is 0 Å². The first-order valence-electron chi connectivity index (χ1n) is 13.1. The van der Waals surface area contributed by atoms with Gasteiger partial charge in [-0.1, -0.05) is 78.1 Å². The Morgan fingerprint density at radius 3 is 1.12 bits per heavy atom. The molecule has 0 rings (SSSR count). The van der Waals surface area contributed by atoms with Crippen LogP contribution in [0.5, 0.6) is 0 Å². The summed E-state index contributed by atoms with van der Waals surface area (Å²) in [5.41, 5.74) is 0. The van der Waals surface area contributed by atoms with Crippen molar-refractivity contribution in [1.82, 2.24) is 0 Å². The van der Waals surface area contributed by atoms with Crippen molar-refractivity contribution in [3.8, 4) is 0 Å². The molecule has 0 fully saturated rings. The van der Waals surface area contributed by atoms with Gasteiger partial charge in [0.15, 0.2) is 0 Å². The Hall–Kier alpha value is -1.59. The SMILES string of the molecule is CCCCCCCCCOC(=O)CCCCCOC(=O)CCC(=O)OCCCCCCC. The van der Waals surface area contributed by atoms with Gasteiger partial charge in [0, 0.05) is 6.42 Å². The minimum atomic E-state index is -0.376. The number of esters is 3. The molecule has 0 saturated heterocycles. The van der Waals surface area contributed by atoms with Gasteiger partial charge < -0.3 is 14.2 Å². The summed E-state index contributed by atoms with van der Waals surface area (Å²) in [6.07, 6.45) is 16.7. The zero-order valence-corrected chi connectivity index (χ0v) is 20.8. The molecule has 0 aromatic carbocycles. The molecule has 32 heavy (non-hydrogen) atoms. The van der Waals surface area contributed by atoms with E-state index < -0.39 is 0 Å². The molecule has 6 nitrogen and oxygen atoms in total. The van der Waals surface area contributed by atoms with E-state index in [9.17, 15) is 14.4 Å². The Morgan fingerprint density at radius 1 is 0.406 bits per heavy atom. The fraction of sp³-hybridized carbons (Fsp3) is 0.885. The zero-order valence-electron chi connectivity index (χ0n) is 20.8. The predicted molar refractivity (Wildman–Crippen MR) is 127 cm³/mol. The molecule has 0 atom stereocenters. The summed E-state index contributed by atoms with van der Waals surface area (Å²) < 4.78 is 15.5. The smallest absolute Gasteiger partial charge is 0.306 e. The van der Waals surface area contributed by atoms with E-state index in [0.29, 0.717) is 32.7 Å². The second-order valence-electron chi connectivity index (χ2n) is 8.51. The van der Waals surface area contributed by atoms with E-state index in [4.69, 9.17) is 14.2 Å². The second-order valence-corrected chi connectivity index (χ2v) is 8.51. The first-order chi connectivity index (χ1) is 15.6. The average molecular weight is 457 g/mol. The van der Waals surface area contributed by atoms with Gasteiger partial charge in [0.25, 0.3) is 0 Å². The van der Waals surface area contributed by atoms with Crippen molar-refractivity contribution in [3.63, 3.8) is 0 Å². The predicted octanol–water partition coefficient (Wildman–Crippen LogP) is 6.68. The first kappa shape index (κ1) is 30.4. The molecule has 6 heteroatoms. The lowest BCUT2D eigenvalue weighted by Gasteiger charge is -2.07. The third kappa shape index (κ3) is 23.1. The molecule has 0 heterocycles. The van der Waals surface area contributed by atoms with Crippen LogP contribution in [0.3, 0.4) is 0 Å². The van der Waals surface area contributed by atoms with Crippen molar-refractivity contribution in [3.05, 3.63) is 0 Å². The molecule has 0 aliphatic heterocycles. The van der Waals surface area contributed by atoms with E-state index in [0.717, 1.165) is 38.5 Å². The lowest BCUT2D eigenvalue weighted by atomic mass is 10.1. The maximum atomic E-state index is 11.7. The van der Waals surface area contributed by atoms with E-state index >= 15 is 0 Å². The van der Waals surface area contributed by atoms with Gasteiger partial charge in [0.05, 0.1) is 32.7 Å². The lowest BCUT2D eigenvalue weighted by Crippen LogP contribution is -2.11. The number of carbonyl (C=O) groups excluding carboxylic acids is 3. The Balaban J connectivity index is 3.40. The summed E-state index contributed by atoms with van der Waals surface area (Å²) in [5, 5.41) is 0. The number of carbonyl (C=O) groups is 3. The standard InChI is InChI=1S/C26H48O6/c1-3-5-7-9-10-12-16-21-30-24(27)18-14-13-17-23-32-26(29)20-19-25(28)31-22-15-11-8-6-4-2/h3-23H2,1-2H3. The summed E-state index contributed by atoms with van der Waals surface area (Å²) in [7, 11) is 0. The molecule has 0 aliphatic rings. The van der Waals surface area contributed by atoms with Crippen LogP contribution in [0.1, 0.15) is 129 Å². The van der Waals surface area contributed by atoms with Crippen LogP contribution >= 0.6 is 0 Å². The van der Waals surface area contributed by atoms with Gasteiger partial charge in [-0.15, -0.1) is 0 Å². The number of ether oxygens (including phenoxy) is 3. The summed E-state index contributed by atoms with van der Waals surface area (Å²) in [6, 6.07) is 0. The van der Waals surface area contributed by atoms with Gasteiger partial charge in [-0.25, -0.2) is 0 Å². The number of hydrogen-bond acceptors (Lipinski definition) is 6. The van der Waals surface area contributed by atoms with Crippen LogP contribution in [-0.2, 0) is 28.6 Å². The molecule has 0 spiro atoms. The Labute approximate surface area is 196 Å². The molecule has 0 aliphatic carbocycles. The van der Waals surface area contributed by atoms with Gasteiger partial charge in [0.1, 0.15) is 0 Å². The molecule has 0 saturated carbocycles. The Morgan fingerprint density at radius 2 is 0.719 bits per heavy atom. The van der Waals surface area contributed by atoms with Crippen molar-refractivity contribution < 1.29 is 28.6 Å². The molecule has 0 unspecified atom stereocenters. The minimum absolute atomic E-state index is 0.0552. The minimum Gasteiger partial charge on any atom is -0.466 e. The fourth-order valence-corrected chi connectivity index (χ4v) is 3.29. The van der Waals surface area contributed by atoms with Gasteiger partial charge in [0.2, 0.25) is 0 Å². The van der Waals surface area contributed by atoms with Gasteiger partial charge in [-0.05, 0) is 32.1 Å². The zero-order chi connectivity index (χ0) is 23.7. The monoisotopic (exact) mass is 456 g/mol. The van der Waals surface area contributed by atoms with Crippen molar-refractivity contribution >= 4 is 17.9 Å². The molecule has 0 N–H and O–H groups in total. The van der Waals surface area contributed by atoms with E-state index in [2.05, 4.69) is 13.8 Å². The van der Waals surface area contributed by atoms with E-state index in [1.807, 2.05) is 0 Å². The molecule has 0 aromatic rings. The summed E-state index contributed by atoms with van der Waals surface area (Å²) in [6.45, 7) is 5.64. The van der Waals surface area contributed by atoms with Crippen molar-refractivity contribution in [2.75, 3.05) is 19.8 Å². The molecule has 0 radical (unpaired) electrons. The van der Waals surface area contributed by atoms with Crippen molar-refractivity contribution in [1.29, 1.82) is 0 Å². The highest BCUT2D eigenvalue weighted by atomic mass is 16.5. The Bertz CT molecular complexity index is 463. The number of rotatable bonds is 23. The van der Waals surface area contributed by atoms with Crippen LogP contribution in [-0.4, -0.2) is 37.7 Å². The largest absolute Gasteiger partial charge is 0.466 e. The highest BCUT2D eigenvalue weighted by Gasteiger charge is 2.09. The van der Waals surface area contributed by atoms with Gasteiger partial charge in [-0.2, -0.15) is 0 Å². The van der Waals surface area contributed by atoms with Crippen LogP contribution in [0.15, 0.2) is 0 Å². The normalized spacial score (nSPS) is 10.7. The van der Waals surface area contributed by atoms with E-state index in [1.165, 1.54) is 51.4 Å². The highest BCUT2D eigenvalue weighted by molar-refractivity contribution is 5.77. The first-order valence-corrected chi connectivity index (χ1v) is 13.1. The van der Waals surface area contributed by atoms with E-state index in [-0.39, 0.29) is 30.7 Å². The van der Waals surface area contributed by atoms with E-state index in [1.54, 1.807) is 0 Å². The summed E-state index contributed by atoms with van der Waals surface area (Å²) in [5.74, 6) is -0.858. The van der Waals surface area contributed by atoms with Gasteiger partial charge in [-0.3, -0.25) is 14.4 Å². The van der Waals surface area contributed by atoms with Crippen molar-refractivity contribution in [2.24, 2.45) is 0 Å². The van der Waals surface area contributed by atoms with Crippen LogP contribution < -0.4 is 0 Å². The Kier molecular flexibility index (Phi) is 22.9. The second kappa shape index (κ2) is 24.1. The fourth-order valence-electron chi connectivity index (χ4n) is 3.29. The van der Waals surface area contributed by atoms with Crippen LogP contribution in [0.25, 0.3) is 0 Å². The van der Waals surface area contributed by atoms with Crippen LogP contribution in [0.2, 0.25) is 0 Å². The van der Waals surface area contributed by atoms with Crippen LogP contribution in [0.4, 0.5) is 0 Å². The van der Waals surface area contributed by atoms with Crippen molar-refractivity contribution in [2.45, 2.75) is 129 Å². The average Bonchev–Trinajstić information content (AvgIpc) is 2.78. The maximum Gasteiger partial charge on any atom is 0.306 e. The molecule has 0 aromatic heterocycles. The summed E-state index contributed by atoms with van der Waals surface area (Å²) >= 11 is 0. The molecule has 0 bridgehead atoms. The third-order valence-electron chi connectivity index (χ3n) is 5.34. The quantitative estimate of drug-likeness (QED) is 0.0969. The summed E-state index contributed by atoms with van der Waals surface area (Å²) in [4.78, 5) is 35.0. The molecular weight excluding hydrogens is 408 g/mol. The van der Waals surface area contributed by atoms with Gasteiger partial charge >= 0.3 is 17.9 Å². The topological polar surface area (TPSA) is 78.9 Å². The lowest BCUT2D eigenvalue weighted by molar-refractivity contribution is -0.150. The molecule has 188 valence electrons. The number of hydrogen-bond donors (Lipinski definition) is 0. The molecular formula is C26H48O6.